The largest absolute Gasteiger partial charge is 0.493 e. The number of nitrogens with zero attached hydrogens (tertiary/aromatic N) is 3. The predicted molar refractivity (Wildman–Crippen MR) is 103 cm³/mol. The van der Waals surface area contributed by atoms with E-state index in [2.05, 4.69) is 16.0 Å². The summed E-state index contributed by atoms with van der Waals surface area (Å²) < 4.78 is 16.7. The maximum Gasteiger partial charge on any atom is 0.203 e. The first-order chi connectivity index (χ1) is 13.3. The second-order valence-corrected chi connectivity index (χ2v) is 6.55. The highest BCUT2D eigenvalue weighted by Gasteiger charge is 2.18. The van der Waals surface area contributed by atoms with Crippen molar-refractivity contribution in [3.63, 3.8) is 0 Å². The fourth-order valence-electron chi connectivity index (χ4n) is 2.74. The minimum absolute atomic E-state index is 0.471. The number of methoxy groups -OCH3 is 1. The first-order valence-corrected chi connectivity index (χ1v) is 9.12. The number of allylic oxidation sites excluding steroid dienone is 1. The van der Waals surface area contributed by atoms with Crippen molar-refractivity contribution in [3.8, 4) is 34.6 Å². The molecule has 0 bridgehead atoms. The van der Waals surface area contributed by atoms with Crippen LogP contribution in [0.1, 0.15) is 10.6 Å². The van der Waals surface area contributed by atoms with E-state index in [1.54, 1.807) is 25.6 Å². The van der Waals surface area contributed by atoms with E-state index in [9.17, 15) is 5.26 Å². The fourth-order valence-corrected chi connectivity index (χ4v) is 3.53. The van der Waals surface area contributed by atoms with E-state index < -0.39 is 0 Å². The van der Waals surface area contributed by atoms with E-state index in [1.165, 1.54) is 11.3 Å². The van der Waals surface area contributed by atoms with Gasteiger partial charge in [-0.3, -0.25) is 4.98 Å². The van der Waals surface area contributed by atoms with E-state index in [0.717, 1.165) is 16.8 Å². The summed E-state index contributed by atoms with van der Waals surface area (Å²) >= 11 is 1.43. The maximum absolute atomic E-state index is 9.64. The highest BCUT2D eigenvalue weighted by atomic mass is 32.1. The molecule has 3 aromatic rings. The summed E-state index contributed by atoms with van der Waals surface area (Å²) in [5, 5.41) is 12.2. The summed E-state index contributed by atoms with van der Waals surface area (Å²) in [7, 11) is 1.58. The molecule has 0 saturated heterocycles. The van der Waals surface area contributed by atoms with Crippen molar-refractivity contribution in [1.29, 1.82) is 5.26 Å². The third-order valence-corrected chi connectivity index (χ3v) is 4.87. The lowest BCUT2D eigenvalue weighted by Crippen LogP contribution is -2.16. The van der Waals surface area contributed by atoms with Crippen LogP contribution in [0.4, 0.5) is 0 Å². The van der Waals surface area contributed by atoms with Crippen LogP contribution < -0.4 is 14.2 Å². The van der Waals surface area contributed by atoms with Gasteiger partial charge >= 0.3 is 0 Å². The number of thiazole rings is 1. The van der Waals surface area contributed by atoms with Gasteiger partial charge in [0.05, 0.1) is 18.4 Å². The maximum atomic E-state index is 9.64. The minimum atomic E-state index is 0.471. The van der Waals surface area contributed by atoms with Crippen LogP contribution in [0, 0.1) is 11.3 Å². The number of rotatable bonds is 4. The van der Waals surface area contributed by atoms with Crippen LogP contribution in [0.2, 0.25) is 0 Å². The van der Waals surface area contributed by atoms with Crippen LogP contribution in [0.5, 0.6) is 17.2 Å². The third kappa shape index (κ3) is 3.48. The minimum Gasteiger partial charge on any atom is -0.493 e. The van der Waals surface area contributed by atoms with Crippen molar-refractivity contribution in [3.05, 3.63) is 52.6 Å². The van der Waals surface area contributed by atoms with Gasteiger partial charge in [-0.25, -0.2) is 4.98 Å². The Hall–Kier alpha value is -3.37. The third-order valence-electron chi connectivity index (χ3n) is 3.99. The average molecular weight is 377 g/mol. The smallest absolute Gasteiger partial charge is 0.203 e. The number of fused-ring (bicyclic) bond motifs is 1. The SMILES string of the molecule is COc1cc(C=C(C#N)c2nc(-c3ccncc3)cs2)cc2c1OCCO2. The first-order valence-electron chi connectivity index (χ1n) is 8.24. The van der Waals surface area contributed by atoms with Crippen LogP contribution in [0.3, 0.4) is 0 Å². The van der Waals surface area contributed by atoms with Crippen LogP contribution in [-0.4, -0.2) is 30.3 Å². The predicted octanol–water partition coefficient (Wildman–Crippen LogP) is 4.05. The van der Waals surface area contributed by atoms with Crippen molar-refractivity contribution in [1.82, 2.24) is 9.97 Å². The van der Waals surface area contributed by atoms with Crippen molar-refractivity contribution in [2.75, 3.05) is 20.3 Å². The Morgan fingerprint density at radius 1 is 1.26 bits per heavy atom. The zero-order chi connectivity index (χ0) is 18.6. The van der Waals surface area contributed by atoms with Crippen LogP contribution in [-0.2, 0) is 0 Å². The quantitative estimate of drug-likeness (QED) is 0.639. The molecule has 0 spiro atoms. The molecule has 0 amide bonds. The number of ether oxygens (including phenoxy) is 3. The summed E-state index contributed by atoms with van der Waals surface area (Å²) in [4.78, 5) is 8.60. The van der Waals surface area contributed by atoms with E-state index in [4.69, 9.17) is 14.2 Å². The standard InChI is InChI=1S/C20H15N3O3S/c1-24-17-9-13(10-18-19(17)26-7-6-25-18)8-15(11-21)20-23-16(12-27-20)14-2-4-22-5-3-14/h2-5,8-10,12H,6-7H2,1H3. The second kappa shape index (κ2) is 7.48. The molecule has 0 fully saturated rings. The van der Waals surface area contributed by atoms with E-state index in [-0.39, 0.29) is 0 Å². The molecule has 1 aliphatic rings. The average Bonchev–Trinajstić information content (AvgIpc) is 3.22. The van der Waals surface area contributed by atoms with Gasteiger partial charge in [-0.05, 0) is 35.9 Å². The molecule has 27 heavy (non-hydrogen) atoms. The van der Waals surface area contributed by atoms with E-state index in [1.807, 2.05) is 29.6 Å². The topological polar surface area (TPSA) is 77.3 Å². The zero-order valence-corrected chi connectivity index (χ0v) is 15.3. The Labute approximate surface area is 160 Å². The zero-order valence-electron chi connectivity index (χ0n) is 14.5. The highest BCUT2D eigenvalue weighted by molar-refractivity contribution is 7.11. The number of nitriles is 1. The Morgan fingerprint density at radius 2 is 2.07 bits per heavy atom. The number of hydrogen-bond acceptors (Lipinski definition) is 7. The summed E-state index contributed by atoms with van der Waals surface area (Å²) in [6.07, 6.45) is 5.21. The van der Waals surface area contributed by atoms with Crippen molar-refractivity contribution < 1.29 is 14.2 Å². The van der Waals surface area contributed by atoms with Crippen molar-refractivity contribution in [2.45, 2.75) is 0 Å². The molecule has 7 heteroatoms. The number of benzene rings is 1. The molecule has 0 unspecified atom stereocenters. The van der Waals surface area contributed by atoms with Gasteiger partial charge in [-0.1, -0.05) is 0 Å². The van der Waals surface area contributed by atoms with E-state index in [0.29, 0.717) is 41.0 Å². The molecule has 3 heterocycles. The Balaban J connectivity index is 1.70. The number of hydrogen-bond donors (Lipinski definition) is 0. The molecule has 1 aromatic carbocycles. The van der Waals surface area contributed by atoms with E-state index >= 15 is 0 Å². The molecule has 0 radical (unpaired) electrons. The second-order valence-electron chi connectivity index (χ2n) is 5.69. The van der Waals surface area contributed by atoms with Gasteiger partial charge in [0.2, 0.25) is 5.75 Å². The molecule has 1 aliphatic heterocycles. The molecule has 0 N–H and O–H groups in total. The van der Waals surface area contributed by atoms with Crippen molar-refractivity contribution >= 4 is 23.0 Å². The summed E-state index contributed by atoms with van der Waals surface area (Å²) in [6.45, 7) is 0.967. The molecule has 2 aromatic heterocycles. The van der Waals surface area contributed by atoms with Gasteiger partial charge in [-0.15, -0.1) is 11.3 Å². The highest BCUT2D eigenvalue weighted by Crippen LogP contribution is 2.41. The normalized spacial score (nSPS) is 13.1. The Bertz CT molecular complexity index is 1020. The lowest BCUT2D eigenvalue weighted by molar-refractivity contribution is 0.165. The monoisotopic (exact) mass is 377 g/mol. The summed E-state index contributed by atoms with van der Waals surface area (Å²) in [6, 6.07) is 9.67. The van der Waals surface area contributed by atoms with Gasteiger partial charge in [0.1, 0.15) is 24.3 Å². The molecule has 0 atom stereocenters. The van der Waals surface area contributed by atoms with Crippen LogP contribution >= 0.6 is 11.3 Å². The molecule has 134 valence electrons. The lowest BCUT2D eigenvalue weighted by atomic mass is 10.1. The van der Waals surface area contributed by atoms with Gasteiger partial charge < -0.3 is 14.2 Å². The van der Waals surface area contributed by atoms with Crippen molar-refractivity contribution in [2.24, 2.45) is 0 Å². The molecular weight excluding hydrogens is 362 g/mol. The van der Waals surface area contributed by atoms with Crippen LogP contribution in [0.15, 0.2) is 42.0 Å². The van der Waals surface area contributed by atoms with Gasteiger partial charge in [0, 0.05) is 23.3 Å². The molecule has 4 rings (SSSR count). The Morgan fingerprint density at radius 3 is 2.85 bits per heavy atom. The van der Waals surface area contributed by atoms with Gasteiger partial charge in [-0.2, -0.15) is 5.26 Å². The molecule has 6 nitrogen and oxygen atoms in total. The molecule has 0 aliphatic carbocycles. The van der Waals surface area contributed by atoms with Gasteiger partial charge in [0.25, 0.3) is 0 Å². The molecule has 0 saturated carbocycles. The lowest BCUT2D eigenvalue weighted by Gasteiger charge is -2.21. The number of aromatic nitrogens is 2. The first kappa shape index (κ1) is 17.1. The summed E-state index contributed by atoms with van der Waals surface area (Å²) in [5.41, 5.74) is 3.04. The fraction of sp³-hybridized carbons (Fsp3) is 0.150. The molecular formula is C20H15N3O3S. The number of pyridine rings is 1. The summed E-state index contributed by atoms with van der Waals surface area (Å²) in [5.74, 6) is 1.78. The Kier molecular flexibility index (Phi) is 4.73. The van der Waals surface area contributed by atoms with Crippen LogP contribution in [0.25, 0.3) is 22.9 Å². The van der Waals surface area contributed by atoms with Gasteiger partial charge in [0.15, 0.2) is 11.5 Å².